The maximum atomic E-state index is 12.7. The Hall–Kier alpha value is -4.89. The third kappa shape index (κ3) is 4.99. The number of anilines is 3. The van der Waals surface area contributed by atoms with Crippen molar-refractivity contribution in [3.05, 3.63) is 96.1 Å². The number of rotatable bonds is 7. The first kappa shape index (κ1) is 25.7. The Labute approximate surface area is 229 Å². The number of carbonyl (C=O) groups excluding carboxylic acids is 1. The van der Waals surface area contributed by atoms with Crippen LogP contribution in [0.15, 0.2) is 84.9 Å². The molecule has 0 aliphatic carbocycles. The van der Waals surface area contributed by atoms with E-state index in [1.54, 1.807) is 0 Å². The standard InChI is InChI=1S/C33H31N5O/c1-5-10-31(39)36-32-22(2)19-25(33-35-28-13-8-9-14-29(28)38(33)4)20-30(32)37(3)26-17-15-23(16-18-26)27-12-7-6-11-24(27)21-34/h6-9,11-20H,5,10H2,1-4H3,(H,36,39). The maximum absolute atomic E-state index is 12.7. The fourth-order valence-corrected chi connectivity index (χ4v) is 4.99. The fourth-order valence-electron chi connectivity index (χ4n) is 4.99. The lowest BCUT2D eigenvalue weighted by molar-refractivity contribution is -0.116. The predicted molar refractivity (Wildman–Crippen MR) is 159 cm³/mol. The van der Waals surface area contributed by atoms with Gasteiger partial charge >= 0.3 is 0 Å². The van der Waals surface area contributed by atoms with Gasteiger partial charge in [-0.25, -0.2) is 4.98 Å². The number of carbonyl (C=O) groups is 1. The molecule has 39 heavy (non-hydrogen) atoms. The molecule has 194 valence electrons. The molecule has 0 saturated heterocycles. The van der Waals surface area contributed by atoms with Crippen LogP contribution in [0.25, 0.3) is 33.5 Å². The number of aryl methyl sites for hydroxylation is 2. The molecular weight excluding hydrogens is 482 g/mol. The lowest BCUT2D eigenvalue weighted by atomic mass is 10.00. The second-order valence-corrected chi connectivity index (χ2v) is 9.73. The molecule has 0 unspecified atom stereocenters. The molecule has 1 N–H and O–H groups in total. The van der Waals surface area contributed by atoms with Gasteiger partial charge in [0.15, 0.2) is 0 Å². The predicted octanol–water partition coefficient (Wildman–Crippen LogP) is 7.59. The monoisotopic (exact) mass is 513 g/mol. The largest absolute Gasteiger partial charge is 0.343 e. The normalized spacial score (nSPS) is 10.8. The fraction of sp³-hybridized carbons (Fsp3) is 0.182. The van der Waals surface area contributed by atoms with Crippen molar-refractivity contribution >= 4 is 34.0 Å². The summed E-state index contributed by atoms with van der Waals surface area (Å²) in [6.07, 6.45) is 1.24. The minimum Gasteiger partial charge on any atom is -0.343 e. The van der Waals surface area contributed by atoms with Crippen LogP contribution in [0.1, 0.15) is 30.9 Å². The van der Waals surface area contributed by atoms with Crippen molar-refractivity contribution in [2.24, 2.45) is 7.05 Å². The Morgan fingerprint density at radius 1 is 1.00 bits per heavy atom. The smallest absolute Gasteiger partial charge is 0.224 e. The van der Waals surface area contributed by atoms with Gasteiger partial charge in [-0.2, -0.15) is 5.26 Å². The first-order valence-electron chi connectivity index (χ1n) is 13.1. The summed E-state index contributed by atoms with van der Waals surface area (Å²) in [7, 11) is 4.03. The molecule has 0 bridgehead atoms. The van der Waals surface area contributed by atoms with E-state index in [4.69, 9.17) is 4.98 Å². The van der Waals surface area contributed by atoms with Crippen LogP contribution in [0.3, 0.4) is 0 Å². The van der Waals surface area contributed by atoms with E-state index in [1.165, 1.54) is 0 Å². The van der Waals surface area contributed by atoms with Crippen molar-refractivity contribution in [3.8, 4) is 28.6 Å². The molecule has 5 aromatic rings. The quantitative estimate of drug-likeness (QED) is 0.243. The van der Waals surface area contributed by atoms with Crippen LogP contribution in [-0.2, 0) is 11.8 Å². The second kappa shape index (κ2) is 10.8. The molecule has 1 aromatic heterocycles. The number of hydrogen-bond acceptors (Lipinski definition) is 4. The zero-order chi connectivity index (χ0) is 27.5. The molecule has 1 amide bonds. The molecule has 0 aliphatic heterocycles. The summed E-state index contributed by atoms with van der Waals surface area (Å²) in [4.78, 5) is 19.7. The third-order valence-electron chi connectivity index (χ3n) is 7.08. The third-order valence-corrected chi connectivity index (χ3v) is 7.08. The summed E-state index contributed by atoms with van der Waals surface area (Å²) in [6.45, 7) is 4.02. The van der Waals surface area contributed by atoms with Gasteiger partial charge in [0.2, 0.25) is 5.91 Å². The van der Waals surface area contributed by atoms with Gasteiger partial charge < -0.3 is 14.8 Å². The molecular formula is C33H31N5O. The number of fused-ring (bicyclic) bond motifs is 1. The molecule has 0 radical (unpaired) electrons. The average molecular weight is 514 g/mol. The lowest BCUT2D eigenvalue weighted by Gasteiger charge is -2.25. The summed E-state index contributed by atoms with van der Waals surface area (Å²) in [5, 5.41) is 12.7. The summed E-state index contributed by atoms with van der Waals surface area (Å²) in [6, 6.07) is 30.3. The zero-order valence-corrected chi connectivity index (χ0v) is 22.7. The minimum absolute atomic E-state index is 0.00538. The molecule has 4 aromatic carbocycles. The number of hydrogen-bond donors (Lipinski definition) is 1. The SMILES string of the molecule is CCCC(=O)Nc1c(C)cc(-c2nc3ccccc3n2C)cc1N(C)c1ccc(-c2ccccc2C#N)cc1. The molecule has 6 nitrogen and oxygen atoms in total. The number of benzene rings is 4. The van der Waals surface area contributed by atoms with Gasteiger partial charge in [0.05, 0.1) is 34.0 Å². The summed E-state index contributed by atoms with van der Waals surface area (Å²) in [5.41, 5.74) is 9.10. The Bertz CT molecular complexity index is 1710. The van der Waals surface area contributed by atoms with E-state index in [2.05, 4.69) is 39.1 Å². The number of amides is 1. The number of nitriles is 1. The average Bonchev–Trinajstić information content (AvgIpc) is 3.30. The van der Waals surface area contributed by atoms with E-state index in [1.807, 2.05) is 94.7 Å². The number of aromatic nitrogens is 2. The van der Waals surface area contributed by atoms with E-state index in [9.17, 15) is 10.1 Å². The van der Waals surface area contributed by atoms with Crippen LogP contribution in [0.5, 0.6) is 0 Å². The van der Waals surface area contributed by atoms with E-state index in [-0.39, 0.29) is 5.91 Å². The van der Waals surface area contributed by atoms with E-state index >= 15 is 0 Å². The summed E-state index contributed by atoms with van der Waals surface area (Å²) < 4.78 is 2.10. The highest BCUT2D eigenvalue weighted by Gasteiger charge is 2.19. The number of nitrogens with one attached hydrogen (secondary N) is 1. The van der Waals surface area contributed by atoms with Crippen molar-refractivity contribution in [1.82, 2.24) is 9.55 Å². The Morgan fingerprint density at radius 2 is 1.72 bits per heavy atom. The lowest BCUT2D eigenvalue weighted by Crippen LogP contribution is -2.17. The Balaban J connectivity index is 1.59. The van der Waals surface area contributed by atoms with Gasteiger partial charge in [-0.05, 0) is 72.5 Å². The van der Waals surface area contributed by atoms with Gasteiger partial charge in [0.25, 0.3) is 0 Å². The highest BCUT2D eigenvalue weighted by atomic mass is 16.1. The highest BCUT2D eigenvalue weighted by Crippen LogP contribution is 2.39. The Kier molecular flexibility index (Phi) is 7.16. The van der Waals surface area contributed by atoms with Crippen LogP contribution >= 0.6 is 0 Å². The topological polar surface area (TPSA) is 74.0 Å². The van der Waals surface area contributed by atoms with E-state index in [0.29, 0.717) is 12.0 Å². The molecule has 5 rings (SSSR count). The van der Waals surface area contributed by atoms with Crippen molar-refractivity contribution in [2.45, 2.75) is 26.7 Å². The van der Waals surface area contributed by atoms with Gasteiger partial charge in [0, 0.05) is 31.8 Å². The van der Waals surface area contributed by atoms with Gasteiger partial charge in [-0.1, -0.05) is 49.4 Å². The van der Waals surface area contributed by atoms with Crippen LogP contribution < -0.4 is 10.2 Å². The minimum atomic E-state index is -0.00538. The maximum Gasteiger partial charge on any atom is 0.224 e. The number of nitrogens with zero attached hydrogens (tertiary/aromatic N) is 4. The first-order valence-corrected chi connectivity index (χ1v) is 13.1. The second-order valence-electron chi connectivity index (χ2n) is 9.73. The van der Waals surface area contributed by atoms with Gasteiger partial charge in [-0.3, -0.25) is 4.79 Å². The molecule has 0 atom stereocenters. The van der Waals surface area contributed by atoms with Crippen molar-refractivity contribution in [2.75, 3.05) is 17.3 Å². The van der Waals surface area contributed by atoms with Gasteiger partial charge in [0.1, 0.15) is 5.82 Å². The molecule has 1 heterocycles. The molecule has 0 aliphatic rings. The molecule has 0 spiro atoms. The molecule has 6 heteroatoms. The molecule has 0 saturated carbocycles. The van der Waals surface area contributed by atoms with E-state index < -0.39 is 0 Å². The van der Waals surface area contributed by atoms with E-state index in [0.717, 1.165) is 62.6 Å². The zero-order valence-electron chi connectivity index (χ0n) is 22.7. The first-order chi connectivity index (χ1) is 18.9. The molecule has 0 fully saturated rings. The van der Waals surface area contributed by atoms with Crippen LogP contribution in [0, 0.1) is 18.3 Å². The highest BCUT2D eigenvalue weighted by molar-refractivity contribution is 5.97. The summed E-state index contributed by atoms with van der Waals surface area (Å²) in [5.74, 6) is 0.859. The van der Waals surface area contributed by atoms with Crippen LogP contribution in [0.2, 0.25) is 0 Å². The van der Waals surface area contributed by atoms with Crippen molar-refractivity contribution in [3.63, 3.8) is 0 Å². The van der Waals surface area contributed by atoms with Crippen molar-refractivity contribution in [1.29, 1.82) is 5.26 Å². The van der Waals surface area contributed by atoms with Crippen molar-refractivity contribution < 1.29 is 4.79 Å². The Morgan fingerprint density at radius 3 is 2.44 bits per heavy atom. The van der Waals surface area contributed by atoms with Crippen LogP contribution in [-0.4, -0.2) is 22.5 Å². The number of imidazole rings is 1. The summed E-state index contributed by atoms with van der Waals surface area (Å²) >= 11 is 0. The van der Waals surface area contributed by atoms with Gasteiger partial charge in [-0.15, -0.1) is 0 Å². The van der Waals surface area contributed by atoms with Crippen LogP contribution in [0.4, 0.5) is 17.1 Å². The number of para-hydroxylation sites is 2.